The zero-order chi connectivity index (χ0) is 18.2. The summed E-state index contributed by atoms with van der Waals surface area (Å²) in [5.41, 5.74) is 5.10. The number of alkyl halides is 2. The molecule has 2 aromatic carbocycles. The third-order valence-electron chi connectivity index (χ3n) is 2.94. The van der Waals surface area contributed by atoms with Gasteiger partial charge in [-0.15, -0.1) is 0 Å². The van der Waals surface area contributed by atoms with Gasteiger partial charge < -0.3 is 4.74 Å². The Balaban J connectivity index is 1.98. The van der Waals surface area contributed by atoms with Crippen molar-refractivity contribution in [2.75, 3.05) is 0 Å². The van der Waals surface area contributed by atoms with Gasteiger partial charge in [0.05, 0.1) is 0 Å². The molecule has 2 N–H and O–H groups in total. The van der Waals surface area contributed by atoms with Gasteiger partial charge in [-0.3, -0.25) is 20.4 Å². The van der Waals surface area contributed by atoms with Crippen LogP contribution in [0.2, 0.25) is 0 Å². The minimum atomic E-state index is -2.98. The van der Waals surface area contributed by atoms with E-state index in [1.807, 2.05) is 0 Å². The topological polar surface area (TPSA) is 67.4 Å². The minimum Gasteiger partial charge on any atom is -0.434 e. The first-order valence-electron chi connectivity index (χ1n) is 7.03. The lowest BCUT2D eigenvalue weighted by Crippen LogP contribution is -2.40. The van der Waals surface area contributed by atoms with Crippen LogP contribution in [0, 0.1) is 0 Å². The van der Waals surface area contributed by atoms with Gasteiger partial charge in [0.25, 0.3) is 11.8 Å². The first-order chi connectivity index (χ1) is 12.0. The van der Waals surface area contributed by atoms with Crippen molar-refractivity contribution in [1.29, 1.82) is 0 Å². The smallest absolute Gasteiger partial charge is 0.387 e. The Kier molecular flexibility index (Phi) is 6.64. The van der Waals surface area contributed by atoms with E-state index in [1.165, 1.54) is 24.3 Å². The number of rotatable bonds is 5. The van der Waals surface area contributed by atoms with Crippen molar-refractivity contribution >= 4 is 33.8 Å². The highest BCUT2D eigenvalue weighted by Crippen LogP contribution is 2.25. The third-order valence-corrected chi connectivity index (χ3v) is 3.43. The number of halogens is 3. The van der Waals surface area contributed by atoms with Gasteiger partial charge >= 0.3 is 6.61 Å². The molecular weight excluding hydrogens is 398 g/mol. The molecule has 130 valence electrons. The first-order valence-corrected chi connectivity index (χ1v) is 7.83. The second-order valence-corrected chi connectivity index (χ2v) is 5.62. The molecule has 2 rings (SSSR count). The largest absolute Gasteiger partial charge is 0.434 e. The number of nitrogens with one attached hydrogen (secondary N) is 2. The second kappa shape index (κ2) is 8.93. The lowest BCUT2D eigenvalue weighted by atomic mass is 10.2. The maximum atomic E-state index is 12.4. The molecule has 25 heavy (non-hydrogen) atoms. The van der Waals surface area contributed by atoms with Gasteiger partial charge in [-0.25, -0.2) is 0 Å². The molecule has 0 bridgehead atoms. The summed E-state index contributed by atoms with van der Waals surface area (Å²) in [5, 5.41) is 0. The van der Waals surface area contributed by atoms with Crippen LogP contribution in [-0.2, 0) is 4.79 Å². The highest BCUT2D eigenvalue weighted by atomic mass is 79.9. The molecule has 0 aliphatic heterocycles. The van der Waals surface area contributed by atoms with Gasteiger partial charge in [-0.1, -0.05) is 34.1 Å². The Hall–Kier alpha value is -2.74. The molecule has 2 amide bonds. The van der Waals surface area contributed by atoms with Crippen molar-refractivity contribution in [3.8, 4) is 5.75 Å². The fourth-order valence-electron chi connectivity index (χ4n) is 1.84. The number of hydrogen-bond donors (Lipinski definition) is 2. The number of ether oxygens (including phenoxy) is 1. The Morgan fingerprint density at radius 1 is 1.08 bits per heavy atom. The van der Waals surface area contributed by atoms with E-state index >= 15 is 0 Å². The predicted octanol–water partition coefficient (Wildman–Crippen LogP) is 3.52. The maximum Gasteiger partial charge on any atom is 0.387 e. The van der Waals surface area contributed by atoms with Gasteiger partial charge in [-0.2, -0.15) is 8.78 Å². The van der Waals surface area contributed by atoms with Gasteiger partial charge in [0.2, 0.25) is 0 Å². The van der Waals surface area contributed by atoms with Crippen molar-refractivity contribution in [2.24, 2.45) is 0 Å². The summed E-state index contributed by atoms with van der Waals surface area (Å²) < 4.78 is 29.8. The molecule has 0 saturated carbocycles. The molecule has 0 aromatic heterocycles. The number of carbonyl (C=O) groups is 2. The predicted molar refractivity (Wildman–Crippen MR) is 91.9 cm³/mol. The minimum absolute atomic E-state index is 0.0735. The lowest BCUT2D eigenvalue weighted by Gasteiger charge is -2.08. The van der Waals surface area contributed by atoms with E-state index in [2.05, 4.69) is 31.5 Å². The van der Waals surface area contributed by atoms with Crippen molar-refractivity contribution < 1.29 is 23.1 Å². The summed E-state index contributed by atoms with van der Waals surface area (Å²) in [7, 11) is 0. The Bertz CT molecular complexity index is 783. The summed E-state index contributed by atoms with van der Waals surface area (Å²) in [6.45, 7) is -2.98. The van der Waals surface area contributed by atoms with Crippen LogP contribution >= 0.6 is 15.9 Å². The number of carbonyl (C=O) groups excluding carboxylic acids is 2. The van der Waals surface area contributed by atoms with E-state index in [0.717, 1.165) is 6.08 Å². The highest BCUT2D eigenvalue weighted by molar-refractivity contribution is 9.10. The van der Waals surface area contributed by atoms with Crippen LogP contribution in [0.1, 0.15) is 15.9 Å². The zero-order valence-electron chi connectivity index (χ0n) is 12.7. The summed E-state index contributed by atoms with van der Waals surface area (Å²) in [6.07, 6.45) is 2.39. The summed E-state index contributed by atoms with van der Waals surface area (Å²) in [4.78, 5) is 23.5. The molecule has 0 radical (unpaired) electrons. The zero-order valence-corrected chi connectivity index (χ0v) is 14.3. The molecule has 0 aliphatic rings. The van der Waals surface area contributed by atoms with E-state index in [0.29, 0.717) is 10.0 Å². The monoisotopic (exact) mass is 410 g/mol. The SMILES string of the molecule is O=C(/C=C/c1cc(Br)ccc1OC(F)F)NNC(=O)c1ccccc1. The number of benzene rings is 2. The van der Waals surface area contributed by atoms with E-state index in [9.17, 15) is 18.4 Å². The average Bonchev–Trinajstić information content (AvgIpc) is 2.60. The molecule has 0 saturated heterocycles. The van der Waals surface area contributed by atoms with Gasteiger partial charge in [0.15, 0.2) is 0 Å². The highest BCUT2D eigenvalue weighted by Gasteiger charge is 2.09. The fraction of sp³-hybridized carbons (Fsp3) is 0.0588. The van der Waals surface area contributed by atoms with Crippen LogP contribution in [0.3, 0.4) is 0 Å². The standard InChI is InChI=1S/C17H13BrF2N2O3/c18-13-7-8-14(25-17(19)20)12(10-13)6-9-15(23)21-22-16(24)11-4-2-1-3-5-11/h1-10,17H,(H,21,23)(H,22,24)/b9-6+. The van der Waals surface area contributed by atoms with Crippen molar-refractivity contribution in [2.45, 2.75) is 6.61 Å². The molecular formula is C17H13BrF2N2O3. The quantitative estimate of drug-likeness (QED) is 0.585. The Morgan fingerprint density at radius 3 is 2.48 bits per heavy atom. The molecule has 0 atom stereocenters. The molecule has 0 spiro atoms. The van der Waals surface area contributed by atoms with Crippen molar-refractivity contribution in [3.05, 3.63) is 70.2 Å². The van der Waals surface area contributed by atoms with E-state index in [4.69, 9.17) is 0 Å². The second-order valence-electron chi connectivity index (χ2n) is 4.70. The number of amides is 2. The van der Waals surface area contributed by atoms with Gasteiger partial charge in [0, 0.05) is 21.7 Å². The summed E-state index contributed by atoms with van der Waals surface area (Å²) >= 11 is 3.21. The first kappa shape index (κ1) is 18.6. The molecule has 5 nitrogen and oxygen atoms in total. The van der Waals surface area contributed by atoms with Crippen LogP contribution in [-0.4, -0.2) is 18.4 Å². The molecule has 0 aliphatic carbocycles. The van der Waals surface area contributed by atoms with Crippen LogP contribution in [0.4, 0.5) is 8.78 Å². The summed E-state index contributed by atoms with van der Waals surface area (Å²) in [6, 6.07) is 12.7. The molecule has 2 aromatic rings. The van der Waals surface area contributed by atoms with Crippen molar-refractivity contribution in [1.82, 2.24) is 10.9 Å². The maximum absolute atomic E-state index is 12.4. The molecule has 8 heteroatoms. The Morgan fingerprint density at radius 2 is 1.80 bits per heavy atom. The Labute approximate surface area is 150 Å². The lowest BCUT2D eigenvalue weighted by molar-refractivity contribution is -0.117. The number of hydrazine groups is 1. The van der Waals surface area contributed by atoms with E-state index in [-0.39, 0.29) is 11.3 Å². The van der Waals surface area contributed by atoms with Gasteiger partial charge in [0.1, 0.15) is 5.75 Å². The van der Waals surface area contributed by atoms with Crippen LogP contribution in [0.25, 0.3) is 6.08 Å². The molecule has 0 fully saturated rings. The third kappa shape index (κ3) is 6.00. The van der Waals surface area contributed by atoms with Crippen molar-refractivity contribution in [3.63, 3.8) is 0 Å². The average molecular weight is 411 g/mol. The van der Waals surface area contributed by atoms with Crippen LogP contribution in [0.5, 0.6) is 5.75 Å². The van der Waals surface area contributed by atoms with Gasteiger partial charge in [-0.05, 0) is 36.4 Å². The van der Waals surface area contributed by atoms with Crippen LogP contribution in [0.15, 0.2) is 59.1 Å². The normalized spacial score (nSPS) is 10.7. The number of hydrogen-bond acceptors (Lipinski definition) is 3. The fourth-order valence-corrected chi connectivity index (χ4v) is 2.22. The summed E-state index contributed by atoms with van der Waals surface area (Å²) in [5.74, 6) is -1.19. The van der Waals surface area contributed by atoms with Crippen LogP contribution < -0.4 is 15.6 Å². The van der Waals surface area contributed by atoms with E-state index < -0.39 is 18.4 Å². The van der Waals surface area contributed by atoms with E-state index in [1.54, 1.807) is 30.3 Å². The molecule has 0 heterocycles. The molecule has 0 unspecified atom stereocenters.